The number of pyridine rings is 1. The summed E-state index contributed by atoms with van der Waals surface area (Å²) in [5.41, 5.74) is 4.65. The first-order chi connectivity index (χ1) is 11.7. The van der Waals surface area contributed by atoms with Gasteiger partial charge in [0.05, 0.1) is 24.0 Å². The average molecular weight is 327 g/mol. The van der Waals surface area contributed by atoms with Gasteiger partial charge in [-0.1, -0.05) is 0 Å². The highest BCUT2D eigenvalue weighted by atomic mass is 16.5. The number of anilines is 1. The Morgan fingerprint density at radius 1 is 1.50 bits per heavy atom. The van der Waals surface area contributed by atoms with Crippen LogP contribution in [0, 0.1) is 11.3 Å². The third kappa shape index (κ3) is 4.16. The molecule has 24 heavy (non-hydrogen) atoms. The average Bonchev–Trinajstić information content (AvgIpc) is 2.64. The number of nitriles is 1. The maximum absolute atomic E-state index is 8.82. The Hall–Kier alpha value is -2.76. The first-order valence-corrected chi connectivity index (χ1v) is 7.86. The zero-order chi connectivity index (χ0) is 16.8. The number of nitrogens with zero attached hydrogens (tertiary/aromatic N) is 3. The van der Waals surface area contributed by atoms with Crippen molar-refractivity contribution in [2.24, 2.45) is 0 Å². The van der Waals surface area contributed by atoms with Crippen LogP contribution in [0.25, 0.3) is 0 Å². The lowest BCUT2D eigenvalue weighted by atomic mass is 10.3. The number of hydrogen-bond acceptors (Lipinski definition) is 8. The van der Waals surface area contributed by atoms with Gasteiger partial charge < -0.3 is 26.1 Å². The highest BCUT2D eigenvalue weighted by molar-refractivity contribution is 5.45. The van der Waals surface area contributed by atoms with Crippen LogP contribution in [-0.4, -0.2) is 49.4 Å². The molecule has 1 fully saturated rings. The van der Waals surface area contributed by atoms with E-state index in [2.05, 4.69) is 32.4 Å². The van der Waals surface area contributed by atoms with Crippen LogP contribution in [0.2, 0.25) is 0 Å². The third-order valence-electron chi connectivity index (χ3n) is 3.75. The van der Waals surface area contributed by atoms with Crippen LogP contribution in [0.5, 0.6) is 0 Å². The van der Waals surface area contributed by atoms with Gasteiger partial charge >= 0.3 is 0 Å². The fourth-order valence-corrected chi connectivity index (χ4v) is 2.39. The standard InChI is InChI=1S/C16H21N7O/c1-23-16(22-15-3-2-12(7-17)8-20-15)6-13(9-21-23)19-11-14-10-18-4-5-24-14/h2-3,6,8-9,14,18-19,21H,4-5,10-11H2,1H3,(H,20,22)/t14-/m1/s1. The number of nitrogens with one attached hydrogen (secondary N) is 4. The molecule has 1 aromatic heterocycles. The van der Waals surface area contributed by atoms with E-state index >= 15 is 0 Å². The lowest BCUT2D eigenvalue weighted by Gasteiger charge is -2.29. The molecule has 0 aromatic carbocycles. The number of ether oxygens (including phenoxy) is 1. The summed E-state index contributed by atoms with van der Waals surface area (Å²) >= 11 is 0. The second-order valence-corrected chi connectivity index (χ2v) is 5.56. The van der Waals surface area contributed by atoms with E-state index in [-0.39, 0.29) is 6.10 Å². The molecule has 0 radical (unpaired) electrons. The molecule has 2 aliphatic heterocycles. The molecule has 0 amide bonds. The largest absolute Gasteiger partial charge is 0.381 e. The number of hydrogen-bond donors (Lipinski definition) is 4. The van der Waals surface area contributed by atoms with E-state index in [0.717, 1.165) is 37.8 Å². The number of aromatic nitrogens is 1. The van der Waals surface area contributed by atoms with E-state index in [0.29, 0.717) is 11.4 Å². The molecule has 1 aromatic rings. The summed E-state index contributed by atoms with van der Waals surface area (Å²) in [7, 11) is 1.91. The molecule has 0 spiro atoms. The monoisotopic (exact) mass is 327 g/mol. The van der Waals surface area contributed by atoms with Crippen molar-refractivity contribution in [2.75, 3.05) is 38.6 Å². The molecule has 3 heterocycles. The molecule has 4 N–H and O–H groups in total. The molecule has 0 aliphatic carbocycles. The smallest absolute Gasteiger partial charge is 0.131 e. The van der Waals surface area contributed by atoms with E-state index in [1.54, 1.807) is 18.3 Å². The van der Waals surface area contributed by atoms with E-state index < -0.39 is 0 Å². The van der Waals surface area contributed by atoms with Crippen molar-refractivity contribution in [3.63, 3.8) is 0 Å². The topological polar surface area (TPSA) is 97.3 Å². The van der Waals surface area contributed by atoms with Gasteiger partial charge in [0.2, 0.25) is 0 Å². The van der Waals surface area contributed by atoms with E-state index in [1.807, 2.05) is 24.3 Å². The van der Waals surface area contributed by atoms with Gasteiger partial charge in [-0.2, -0.15) is 5.26 Å². The maximum atomic E-state index is 8.82. The summed E-state index contributed by atoms with van der Waals surface area (Å²) in [6, 6.07) is 5.57. The molecule has 1 atom stereocenters. The second-order valence-electron chi connectivity index (χ2n) is 5.56. The molecule has 126 valence electrons. The van der Waals surface area contributed by atoms with Gasteiger partial charge in [-0.3, -0.25) is 5.01 Å². The normalized spacial score (nSPS) is 20.3. The van der Waals surface area contributed by atoms with Crippen LogP contribution >= 0.6 is 0 Å². The summed E-state index contributed by atoms with van der Waals surface area (Å²) in [6.07, 6.45) is 5.60. The Morgan fingerprint density at radius 3 is 3.12 bits per heavy atom. The van der Waals surface area contributed by atoms with E-state index in [9.17, 15) is 0 Å². The van der Waals surface area contributed by atoms with Crippen molar-refractivity contribution in [1.29, 1.82) is 5.26 Å². The quantitative estimate of drug-likeness (QED) is 0.604. The molecule has 0 saturated carbocycles. The summed E-state index contributed by atoms with van der Waals surface area (Å²) in [4.78, 5) is 4.23. The van der Waals surface area contributed by atoms with Crippen molar-refractivity contribution in [2.45, 2.75) is 6.10 Å². The van der Waals surface area contributed by atoms with Crippen molar-refractivity contribution >= 4 is 5.82 Å². The maximum Gasteiger partial charge on any atom is 0.131 e. The number of rotatable bonds is 5. The van der Waals surface area contributed by atoms with Gasteiger partial charge in [-0.05, 0) is 12.1 Å². The molecule has 8 nitrogen and oxygen atoms in total. The first-order valence-electron chi connectivity index (χ1n) is 7.86. The van der Waals surface area contributed by atoms with Crippen LogP contribution in [0.1, 0.15) is 5.56 Å². The fourth-order valence-electron chi connectivity index (χ4n) is 2.39. The highest BCUT2D eigenvalue weighted by Gasteiger charge is 2.15. The SMILES string of the molecule is CN1NC=C(NC[C@H]2CNCCO2)C=C1Nc1ccc(C#N)cn1. The lowest BCUT2D eigenvalue weighted by molar-refractivity contribution is 0.0307. The highest BCUT2D eigenvalue weighted by Crippen LogP contribution is 2.13. The molecule has 2 aliphatic rings. The molecule has 0 unspecified atom stereocenters. The Balaban J connectivity index is 1.59. The van der Waals surface area contributed by atoms with Gasteiger partial charge in [0.1, 0.15) is 17.7 Å². The minimum absolute atomic E-state index is 0.171. The fraction of sp³-hybridized carbons (Fsp3) is 0.375. The lowest BCUT2D eigenvalue weighted by Crippen LogP contribution is -2.44. The molecule has 8 heteroatoms. The molecule has 1 saturated heterocycles. The van der Waals surface area contributed by atoms with Crippen molar-refractivity contribution < 1.29 is 4.74 Å². The van der Waals surface area contributed by atoms with Gasteiger partial charge in [0.25, 0.3) is 0 Å². The van der Waals surface area contributed by atoms with Crippen molar-refractivity contribution in [3.8, 4) is 6.07 Å². The van der Waals surface area contributed by atoms with Gasteiger partial charge in [0, 0.05) is 45.2 Å². The Morgan fingerprint density at radius 2 is 2.42 bits per heavy atom. The van der Waals surface area contributed by atoms with Gasteiger partial charge in [-0.15, -0.1) is 0 Å². The Labute approximate surface area is 141 Å². The summed E-state index contributed by atoms with van der Waals surface area (Å²) < 4.78 is 5.68. The third-order valence-corrected chi connectivity index (χ3v) is 3.75. The number of hydrazine groups is 1. The summed E-state index contributed by atoms with van der Waals surface area (Å²) in [6.45, 7) is 3.26. The molecule has 3 rings (SSSR count). The molecular formula is C16H21N7O. The number of allylic oxidation sites excluding steroid dienone is 1. The van der Waals surface area contributed by atoms with Crippen LogP contribution < -0.4 is 21.4 Å². The van der Waals surface area contributed by atoms with E-state index in [4.69, 9.17) is 10.00 Å². The summed E-state index contributed by atoms with van der Waals surface area (Å²) in [5, 5.41) is 20.6. The zero-order valence-corrected chi connectivity index (χ0v) is 13.5. The number of morpholine rings is 1. The zero-order valence-electron chi connectivity index (χ0n) is 13.5. The molecular weight excluding hydrogens is 306 g/mol. The van der Waals surface area contributed by atoms with Crippen LogP contribution in [0.15, 0.2) is 42.1 Å². The van der Waals surface area contributed by atoms with Crippen molar-refractivity contribution in [1.82, 2.24) is 26.1 Å². The van der Waals surface area contributed by atoms with Gasteiger partial charge in [-0.25, -0.2) is 4.98 Å². The van der Waals surface area contributed by atoms with Crippen LogP contribution in [0.3, 0.4) is 0 Å². The van der Waals surface area contributed by atoms with E-state index in [1.165, 1.54) is 0 Å². The first kappa shape index (κ1) is 16.1. The van der Waals surface area contributed by atoms with Crippen LogP contribution in [0.4, 0.5) is 5.82 Å². The van der Waals surface area contributed by atoms with Crippen molar-refractivity contribution in [3.05, 3.63) is 47.7 Å². The second kappa shape index (κ2) is 7.68. The minimum Gasteiger partial charge on any atom is -0.381 e. The van der Waals surface area contributed by atoms with Crippen LogP contribution in [-0.2, 0) is 4.74 Å². The van der Waals surface area contributed by atoms with Gasteiger partial charge in [0.15, 0.2) is 0 Å². The Bertz CT molecular complexity index is 656. The minimum atomic E-state index is 0.171. The predicted octanol–water partition coefficient (Wildman–Crippen LogP) is 0.0760. The Kier molecular flexibility index (Phi) is 5.15. The predicted molar refractivity (Wildman–Crippen MR) is 90.3 cm³/mol. The summed E-state index contributed by atoms with van der Waals surface area (Å²) in [5.74, 6) is 1.52. The molecule has 0 bridgehead atoms.